The lowest BCUT2D eigenvalue weighted by Gasteiger charge is -2.31. The van der Waals surface area contributed by atoms with Crippen LogP contribution in [0.3, 0.4) is 0 Å². The number of morpholine rings is 1. The van der Waals surface area contributed by atoms with E-state index < -0.39 is 6.10 Å². The first-order chi connectivity index (χ1) is 10.7. The number of carbonyl (C=O) groups excluding carboxylic acids is 1. The Morgan fingerprint density at radius 3 is 3.00 bits per heavy atom. The predicted molar refractivity (Wildman–Crippen MR) is 87.2 cm³/mol. The van der Waals surface area contributed by atoms with Crippen molar-refractivity contribution in [1.82, 2.24) is 9.88 Å². The van der Waals surface area contributed by atoms with E-state index in [0.717, 1.165) is 13.1 Å². The van der Waals surface area contributed by atoms with Gasteiger partial charge in [0, 0.05) is 19.6 Å². The summed E-state index contributed by atoms with van der Waals surface area (Å²) < 4.78 is 6.12. The van der Waals surface area contributed by atoms with Gasteiger partial charge in [0.1, 0.15) is 10.4 Å². The number of nitrogens with one attached hydrogen (secondary N) is 1. The van der Waals surface area contributed by atoms with E-state index in [4.69, 9.17) is 16.3 Å². The minimum Gasteiger partial charge on any atom is -0.366 e. The van der Waals surface area contributed by atoms with Crippen molar-refractivity contribution < 1.29 is 9.53 Å². The van der Waals surface area contributed by atoms with Crippen molar-refractivity contribution in [3.63, 3.8) is 0 Å². The zero-order valence-corrected chi connectivity index (χ0v) is 13.4. The number of hydrogen-bond acceptors (Lipinski definition) is 5. The van der Waals surface area contributed by atoms with E-state index in [9.17, 15) is 4.79 Å². The van der Waals surface area contributed by atoms with Gasteiger partial charge >= 0.3 is 0 Å². The number of aromatic nitrogens is 1. The molecule has 3 rings (SSSR count). The summed E-state index contributed by atoms with van der Waals surface area (Å²) in [5.41, 5.74) is 1.23. The minimum atomic E-state index is -0.486. The molecule has 1 fully saturated rings. The van der Waals surface area contributed by atoms with Gasteiger partial charge in [0.15, 0.2) is 5.13 Å². The van der Waals surface area contributed by atoms with Crippen molar-refractivity contribution in [2.75, 3.05) is 25.0 Å². The number of rotatable bonds is 4. The summed E-state index contributed by atoms with van der Waals surface area (Å²) in [6.45, 7) is 2.75. The second kappa shape index (κ2) is 7.19. The number of anilines is 1. The van der Waals surface area contributed by atoms with E-state index in [-0.39, 0.29) is 5.91 Å². The summed E-state index contributed by atoms with van der Waals surface area (Å²) in [4.78, 5) is 18.5. The van der Waals surface area contributed by atoms with Gasteiger partial charge in [0.25, 0.3) is 5.91 Å². The van der Waals surface area contributed by atoms with Crippen LogP contribution in [-0.2, 0) is 16.1 Å². The molecule has 22 heavy (non-hydrogen) atoms. The number of nitrogens with zero attached hydrogens (tertiary/aromatic N) is 2. The monoisotopic (exact) mass is 337 g/mol. The molecule has 5 nitrogen and oxygen atoms in total. The first kappa shape index (κ1) is 15.4. The summed E-state index contributed by atoms with van der Waals surface area (Å²) in [6.07, 6.45) is 1.03. The molecule has 1 aromatic heterocycles. The SMILES string of the molecule is O=C(Nc1ncc(Cl)s1)[C@@H]1CN(Cc2ccccc2)CCO1. The third-order valence-electron chi connectivity index (χ3n) is 3.40. The first-order valence-electron chi connectivity index (χ1n) is 7.01. The highest BCUT2D eigenvalue weighted by atomic mass is 35.5. The van der Waals surface area contributed by atoms with Crippen LogP contribution in [-0.4, -0.2) is 41.6 Å². The molecule has 0 spiro atoms. The number of ether oxygens (including phenoxy) is 1. The van der Waals surface area contributed by atoms with Crippen molar-refractivity contribution in [2.24, 2.45) is 0 Å². The molecule has 0 bridgehead atoms. The van der Waals surface area contributed by atoms with Crippen LogP contribution >= 0.6 is 22.9 Å². The van der Waals surface area contributed by atoms with Crippen LogP contribution in [0.5, 0.6) is 0 Å². The van der Waals surface area contributed by atoms with Crippen molar-refractivity contribution in [2.45, 2.75) is 12.6 Å². The van der Waals surface area contributed by atoms with E-state index in [0.29, 0.717) is 22.6 Å². The maximum absolute atomic E-state index is 12.2. The summed E-state index contributed by atoms with van der Waals surface area (Å²) in [5, 5.41) is 3.25. The minimum absolute atomic E-state index is 0.177. The fourth-order valence-corrected chi connectivity index (χ4v) is 3.16. The highest BCUT2D eigenvalue weighted by molar-refractivity contribution is 7.19. The molecule has 0 saturated carbocycles. The fourth-order valence-electron chi connectivity index (χ4n) is 2.34. The van der Waals surface area contributed by atoms with Crippen LogP contribution in [0.25, 0.3) is 0 Å². The van der Waals surface area contributed by atoms with Crippen LogP contribution in [0.2, 0.25) is 4.34 Å². The number of hydrogen-bond donors (Lipinski definition) is 1. The van der Waals surface area contributed by atoms with Crippen molar-refractivity contribution >= 4 is 34.0 Å². The molecule has 0 unspecified atom stereocenters. The largest absolute Gasteiger partial charge is 0.366 e. The van der Waals surface area contributed by atoms with Gasteiger partial charge < -0.3 is 4.74 Å². The highest BCUT2D eigenvalue weighted by Crippen LogP contribution is 2.23. The van der Waals surface area contributed by atoms with Gasteiger partial charge in [0.05, 0.1) is 12.8 Å². The lowest BCUT2D eigenvalue weighted by molar-refractivity contribution is -0.133. The molecule has 7 heteroatoms. The van der Waals surface area contributed by atoms with Crippen LogP contribution < -0.4 is 5.32 Å². The Morgan fingerprint density at radius 2 is 2.27 bits per heavy atom. The van der Waals surface area contributed by atoms with Gasteiger partial charge in [-0.05, 0) is 5.56 Å². The lowest BCUT2D eigenvalue weighted by atomic mass is 10.2. The van der Waals surface area contributed by atoms with Crippen molar-refractivity contribution in [3.8, 4) is 0 Å². The van der Waals surface area contributed by atoms with E-state index in [1.54, 1.807) is 0 Å². The van der Waals surface area contributed by atoms with Crippen LogP contribution in [0.15, 0.2) is 36.5 Å². The Morgan fingerprint density at radius 1 is 1.45 bits per heavy atom. The molecule has 116 valence electrons. The molecule has 1 N–H and O–H groups in total. The fraction of sp³-hybridized carbons (Fsp3) is 0.333. The normalized spacial score (nSPS) is 19.0. The average Bonchev–Trinajstić information content (AvgIpc) is 2.93. The number of thiazole rings is 1. The van der Waals surface area contributed by atoms with E-state index in [2.05, 4.69) is 27.3 Å². The predicted octanol–water partition coefficient (Wildman–Crippen LogP) is 2.64. The van der Waals surface area contributed by atoms with Gasteiger partial charge in [-0.2, -0.15) is 0 Å². The first-order valence-corrected chi connectivity index (χ1v) is 8.20. The number of carbonyl (C=O) groups is 1. The molecule has 1 aliphatic heterocycles. The molecule has 2 aromatic rings. The Hall–Kier alpha value is -1.47. The zero-order chi connectivity index (χ0) is 15.4. The molecule has 0 radical (unpaired) electrons. The average molecular weight is 338 g/mol. The van der Waals surface area contributed by atoms with Gasteiger partial charge in [-0.1, -0.05) is 53.3 Å². The second-order valence-electron chi connectivity index (χ2n) is 5.04. The van der Waals surface area contributed by atoms with Crippen LogP contribution in [0, 0.1) is 0 Å². The number of halogens is 1. The third kappa shape index (κ3) is 4.04. The Bertz CT molecular complexity index is 635. The standard InChI is InChI=1S/C15H16ClN3O2S/c16-13-8-17-15(22-13)18-14(20)12-10-19(6-7-21-12)9-11-4-2-1-3-5-11/h1-5,8,12H,6-7,9-10H2,(H,17,18,20)/t12-/m0/s1. The van der Waals surface area contributed by atoms with Gasteiger partial charge in [-0.25, -0.2) is 4.98 Å². The highest BCUT2D eigenvalue weighted by Gasteiger charge is 2.27. The molecule has 1 amide bonds. The Kier molecular flexibility index (Phi) is 5.04. The molecule has 1 aromatic carbocycles. The van der Waals surface area contributed by atoms with Crippen molar-refractivity contribution in [1.29, 1.82) is 0 Å². The Balaban J connectivity index is 1.57. The maximum atomic E-state index is 12.2. The zero-order valence-electron chi connectivity index (χ0n) is 11.9. The van der Waals surface area contributed by atoms with Crippen LogP contribution in [0.1, 0.15) is 5.56 Å². The van der Waals surface area contributed by atoms with Crippen molar-refractivity contribution in [3.05, 3.63) is 46.4 Å². The lowest BCUT2D eigenvalue weighted by Crippen LogP contribution is -2.47. The molecule has 1 saturated heterocycles. The summed E-state index contributed by atoms with van der Waals surface area (Å²) in [6, 6.07) is 10.2. The topological polar surface area (TPSA) is 54.5 Å². The van der Waals surface area contributed by atoms with Gasteiger partial charge in [0.2, 0.25) is 0 Å². The van der Waals surface area contributed by atoms with E-state index in [1.165, 1.54) is 23.1 Å². The Labute approximate surface area is 137 Å². The maximum Gasteiger partial charge on any atom is 0.256 e. The second-order valence-corrected chi connectivity index (χ2v) is 6.70. The molecule has 2 heterocycles. The molecular weight excluding hydrogens is 322 g/mol. The molecule has 1 aliphatic rings. The number of amides is 1. The van der Waals surface area contributed by atoms with Gasteiger partial charge in [-0.3, -0.25) is 15.0 Å². The van der Waals surface area contributed by atoms with E-state index in [1.807, 2.05) is 18.2 Å². The summed E-state index contributed by atoms with van der Waals surface area (Å²) >= 11 is 7.05. The molecule has 0 aliphatic carbocycles. The third-order valence-corrected chi connectivity index (χ3v) is 4.43. The van der Waals surface area contributed by atoms with Crippen LogP contribution in [0.4, 0.5) is 5.13 Å². The quantitative estimate of drug-likeness (QED) is 0.932. The van der Waals surface area contributed by atoms with E-state index >= 15 is 0 Å². The number of benzene rings is 1. The van der Waals surface area contributed by atoms with Gasteiger partial charge in [-0.15, -0.1) is 0 Å². The smallest absolute Gasteiger partial charge is 0.256 e. The summed E-state index contributed by atoms with van der Waals surface area (Å²) in [7, 11) is 0. The summed E-state index contributed by atoms with van der Waals surface area (Å²) in [5.74, 6) is -0.177. The molecule has 1 atom stereocenters. The molecular formula is C15H16ClN3O2S.